The van der Waals surface area contributed by atoms with Crippen LogP contribution in [0.5, 0.6) is 0 Å². The summed E-state index contributed by atoms with van der Waals surface area (Å²) in [6.07, 6.45) is 4.00. The molecule has 2 aromatic rings. The van der Waals surface area contributed by atoms with Crippen LogP contribution in [0.1, 0.15) is 17.9 Å². The summed E-state index contributed by atoms with van der Waals surface area (Å²) in [7, 11) is 1.63. The van der Waals surface area contributed by atoms with Crippen molar-refractivity contribution in [3.05, 3.63) is 70.5 Å². The highest BCUT2D eigenvalue weighted by molar-refractivity contribution is 6.02. The number of carbonyl (C=O) groups excluding carboxylic acids is 1. The molecular weight excluding hydrogens is 273 g/mol. The molecule has 0 amide bonds. The van der Waals surface area contributed by atoms with E-state index in [2.05, 4.69) is 10.4 Å². The van der Waals surface area contributed by atoms with E-state index >= 15 is 0 Å². The number of ketones is 1. The van der Waals surface area contributed by atoms with Gasteiger partial charge in [-0.15, -0.1) is 0 Å². The van der Waals surface area contributed by atoms with Gasteiger partial charge in [-0.05, 0) is 18.2 Å². The maximum atomic E-state index is 13.2. The normalized spacial score (nSPS) is 10.2. The molecule has 0 unspecified atom stereocenters. The molecule has 0 fully saturated rings. The Hall–Kier alpha value is -2.76. The number of hydrogen-bond donors (Lipinski definition) is 1. The number of carbonyl (C=O) groups is 1. The van der Waals surface area contributed by atoms with E-state index in [1.54, 1.807) is 13.1 Å². The van der Waals surface area contributed by atoms with Crippen molar-refractivity contribution in [3.8, 4) is 5.69 Å². The predicted molar refractivity (Wildman–Crippen MR) is 79.1 cm³/mol. The molecule has 1 aromatic heterocycles. The van der Waals surface area contributed by atoms with Crippen LogP contribution in [0.25, 0.3) is 5.69 Å². The van der Waals surface area contributed by atoms with Crippen LogP contribution < -0.4 is 10.7 Å². The summed E-state index contributed by atoms with van der Waals surface area (Å²) in [4.78, 5) is 23.4. The van der Waals surface area contributed by atoms with Gasteiger partial charge in [0.05, 0.1) is 5.69 Å². The van der Waals surface area contributed by atoms with Gasteiger partial charge < -0.3 is 5.32 Å². The number of rotatable bonds is 4. The highest BCUT2D eigenvalue weighted by Gasteiger charge is 2.10. The maximum Gasteiger partial charge on any atom is 0.211 e. The van der Waals surface area contributed by atoms with Gasteiger partial charge in [0.15, 0.2) is 5.69 Å². The summed E-state index contributed by atoms with van der Waals surface area (Å²) in [5, 5.41) is 6.60. The van der Waals surface area contributed by atoms with E-state index in [0.717, 1.165) is 0 Å². The van der Waals surface area contributed by atoms with Crippen molar-refractivity contribution in [1.29, 1.82) is 0 Å². The summed E-state index contributed by atoms with van der Waals surface area (Å²) in [6.45, 7) is 0. The average Bonchev–Trinajstić information content (AvgIpc) is 2.45. The zero-order valence-corrected chi connectivity index (χ0v) is 10.7. The molecule has 0 saturated heterocycles. The summed E-state index contributed by atoms with van der Waals surface area (Å²) in [5.41, 5.74) is -0.275. The van der Waals surface area contributed by atoms with Crippen molar-refractivity contribution in [1.82, 2.24) is 15.1 Å². The Labute approximate surface area is 121 Å². The van der Waals surface area contributed by atoms with Gasteiger partial charge in [0, 0.05) is 31.6 Å². The van der Waals surface area contributed by atoms with Crippen molar-refractivity contribution < 1.29 is 9.18 Å². The Morgan fingerprint density at radius 3 is 2.81 bits per heavy atom. The molecule has 1 heterocycles. The van der Waals surface area contributed by atoms with E-state index in [0.29, 0.717) is 5.69 Å². The van der Waals surface area contributed by atoms with Crippen LogP contribution in [0, 0.1) is 5.82 Å². The molecule has 0 bridgehead atoms. The molecule has 5 nitrogen and oxygen atoms in total. The number of halogens is 1. The lowest BCUT2D eigenvalue weighted by atomic mass is 10.2. The second-order valence-electron chi connectivity index (χ2n) is 3.94. The van der Waals surface area contributed by atoms with Crippen LogP contribution in [0.15, 0.2) is 53.6 Å². The van der Waals surface area contributed by atoms with Crippen molar-refractivity contribution >= 4 is 5.78 Å². The fraction of sp³-hybridized carbons (Fsp3) is 0.133. The fourth-order valence-corrected chi connectivity index (χ4v) is 1.58. The lowest BCUT2D eigenvalue weighted by Crippen LogP contribution is -2.19. The summed E-state index contributed by atoms with van der Waals surface area (Å²) in [6, 6.07) is 6.92. The van der Waals surface area contributed by atoms with Crippen LogP contribution in [0.4, 0.5) is 4.39 Å². The predicted octanol–water partition coefficient (Wildman–Crippen LogP) is 1.92. The van der Waals surface area contributed by atoms with Crippen molar-refractivity contribution in [2.75, 3.05) is 7.05 Å². The Balaban J connectivity index is 0.00000220. The highest BCUT2D eigenvalue weighted by atomic mass is 19.1. The Bertz CT molecular complexity index is 723. The summed E-state index contributed by atoms with van der Waals surface area (Å²) >= 11 is 0. The number of aromatic nitrogens is 2. The third kappa shape index (κ3) is 3.85. The SMILES string of the molecule is C.CNC=CC(=O)c1nn(-c2cccc(F)c2)ccc1=O. The molecule has 110 valence electrons. The van der Waals surface area contributed by atoms with Gasteiger partial charge in [-0.3, -0.25) is 9.59 Å². The zero-order chi connectivity index (χ0) is 14.5. The Kier molecular flexibility index (Phi) is 5.54. The van der Waals surface area contributed by atoms with E-state index < -0.39 is 17.0 Å². The second-order valence-corrected chi connectivity index (χ2v) is 3.94. The summed E-state index contributed by atoms with van der Waals surface area (Å²) in [5.74, 6) is -0.943. The quantitative estimate of drug-likeness (QED) is 0.690. The van der Waals surface area contributed by atoms with E-state index in [1.807, 2.05) is 0 Å². The average molecular weight is 289 g/mol. The molecule has 1 N–H and O–H groups in total. The molecule has 0 radical (unpaired) electrons. The first-order valence-corrected chi connectivity index (χ1v) is 5.86. The van der Waals surface area contributed by atoms with Crippen LogP contribution >= 0.6 is 0 Å². The van der Waals surface area contributed by atoms with E-state index in [4.69, 9.17) is 0 Å². The minimum atomic E-state index is -0.518. The molecule has 21 heavy (non-hydrogen) atoms. The van der Waals surface area contributed by atoms with Gasteiger partial charge in [0.25, 0.3) is 0 Å². The van der Waals surface area contributed by atoms with Crippen molar-refractivity contribution in [2.24, 2.45) is 0 Å². The van der Waals surface area contributed by atoms with Gasteiger partial charge in [0.2, 0.25) is 11.2 Å². The molecule has 0 aliphatic carbocycles. The van der Waals surface area contributed by atoms with Gasteiger partial charge in [-0.2, -0.15) is 5.10 Å². The van der Waals surface area contributed by atoms with Crippen LogP contribution in [-0.2, 0) is 0 Å². The third-order valence-corrected chi connectivity index (χ3v) is 2.52. The number of allylic oxidation sites excluding steroid dienone is 1. The lowest BCUT2D eigenvalue weighted by molar-refractivity contribution is 0.103. The molecule has 0 aliphatic heterocycles. The minimum absolute atomic E-state index is 0. The number of benzene rings is 1. The third-order valence-electron chi connectivity index (χ3n) is 2.52. The van der Waals surface area contributed by atoms with E-state index in [-0.39, 0.29) is 13.1 Å². The maximum absolute atomic E-state index is 13.2. The Morgan fingerprint density at radius 2 is 2.14 bits per heavy atom. The van der Waals surface area contributed by atoms with E-state index in [1.165, 1.54) is 47.4 Å². The smallest absolute Gasteiger partial charge is 0.211 e. The van der Waals surface area contributed by atoms with E-state index in [9.17, 15) is 14.0 Å². The lowest BCUT2D eigenvalue weighted by Gasteiger charge is -2.06. The van der Waals surface area contributed by atoms with Gasteiger partial charge in [-0.25, -0.2) is 9.07 Å². The van der Waals surface area contributed by atoms with Crippen LogP contribution in [0.2, 0.25) is 0 Å². The minimum Gasteiger partial charge on any atom is -0.394 e. The van der Waals surface area contributed by atoms with Crippen molar-refractivity contribution in [3.63, 3.8) is 0 Å². The standard InChI is InChI=1S/C14H12FN3O2.CH4/c1-16-7-5-12(19)14-13(20)6-8-18(17-14)11-4-2-3-10(15)9-11;/h2-9,16H,1H3;1H4. The second kappa shape index (κ2) is 7.14. The monoisotopic (exact) mass is 289 g/mol. The molecule has 2 rings (SSSR count). The number of nitrogens with one attached hydrogen (secondary N) is 1. The summed E-state index contributed by atoms with van der Waals surface area (Å²) < 4.78 is 14.5. The first-order chi connectivity index (χ1) is 9.61. The molecule has 0 saturated carbocycles. The Morgan fingerprint density at radius 1 is 1.38 bits per heavy atom. The first kappa shape index (κ1) is 16.3. The van der Waals surface area contributed by atoms with Crippen molar-refractivity contribution in [2.45, 2.75) is 7.43 Å². The molecular formula is C15H16FN3O2. The fourth-order valence-electron chi connectivity index (χ4n) is 1.58. The largest absolute Gasteiger partial charge is 0.394 e. The van der Waals surface area contributed by atoms with Crippen LogP contribution in [0.3, 0.4) is 0 Å². The number of hydrogen-bond acceptors (Lipinski definition) is 4. The van der Waals surface area contributed by atoms with Gasteiger partial charge in [0.1, 0.15) is 5.82 Å². The van der Waals surface area contributed by atoms with Gasteiger partial charge >= 0.3 is 0 Å². The van der Waals surface area contributed by atoms with Gasteiger partial charge in [-0.1, -0.05) is 13.5 Å². The highest BCUT2D eigenvalue weighted by Crippen LogP contribution is 2.07. The molecule has 0 aliphatic rings. The first-order valence-electron chi connectivity index (χ1n) is 5.86. The molecule has 6 heteroatoms. The topological polar surface area (TPSA) is 64.0 Å². The molecule has 0 atom stereocenters. The molecule has 1 aromatic carbocycles. The van der Waals surface area contributed by atoms with Crippen LogP contribution in [-0.4, -0.2) is 22.6 Å². The number of nitrogens with zero attached hydrogens (tertiary/aromatic N) is 2. The zero-order valence-electron chi connectivity index (χ0n) is 10.7. The molecule has 0 spiro atoms.